The van der Waals surface area contributed by atoms with E-state index in [0.29, 0.717) is 16.3 Å². The van der Waals surface area contributed by atoms with E-state index in [-0.39, 0.29) is 37.2 Å². The van der Waals surface area contributed by atoms with Crippen molar-refractivity contribution < 1.29 is 41.5 Å². The van der Waals surface area contributed by atoms with E-state index in [2.05, 4.69) is 22.0 Å². The summed E-state index contributed by atoms with van der Waals surface area (Å²) in [6.07, 6.45) is -2.62. The van der Waals surface area contributed by atoms with E-state index < -0.39 is 18.5 Å². The van der Waals surface area contributed by atoms with Gasteiger partial charge >= 0.3 is 0 Å². The Labute approximate surface area is 159 Å². The summed E-state index contributed by atoms with van der Waals surface area (Å²) >= 11 is 8.92. The Morgan fingerprint density at radius 2 is 2.10 bits per heavy atom. The van der Waals surface area contributed by atoms with Gasteiger partial charge in [-0.3, -0.25) is 4.79 Å². The summed E-state index contributed by atoms with van der Waals surface area (Å²) in [7, 11) is 0. The predicted molar refractivity (Wildman–Crippen MR) is 78.4 cm³/mol. The first kappa shape index (κ1) is 19.0. The van der Waals surface area contributed by atoms with Crippen LogP contribution < -0.4 is 5.56 Å². The predicted octanol–water partition coefficient (Wildman–Crippen LogP) is 4.30. The van der Waals surface area contributed by atoms with Gasteiger partial charge in [-0.05, 0) is 4.47 Å². The van der Waals surface area contributed by atoms with Gasteiger partial charge in [0.05, 0.1) is 6.54 Å². The molecule has 0 amide bonds. The fourth-order valence-corrected chi connectivity index (χ4v) is 2.49. The molecule has 1 aromatic carbocycles. The average Bonchev–Trinajstić information content (AvgIpc) is 2.36. The van der Waals surface area contributed by atoms with Crippen molar-refractivity contribution >= 4 is 27.5 Å². The van der Waals surface area contributed by atoms with Crippen LogP contribution in [0.15, 0.2) is 33.5 Å². The molecule has 0 N–H and O–H groups in total. The number of hydrogen-bond donors (Lipinski definition) is 0. The number of aryl methyl sites for hydroxylation is 1. The quantitative estimate of drug-likeness (QED) is 0.639. The third-order valence-corrected chi connectivity index (χ3v) is 3.62. The number of aromatic nitrogens is 1. The Hall–Kier alpha value is -0.0961. The normalized spacial score (nSPS) is 10.6. The molecule has 0 unspecified atom stereocenters. The SMILES string of the molecule is Cc1cc(Cl)ccc1-c1[c-]cc(Br)c(=O)n1CC(F)F.[Y]. The van der Waals surface area contributed by atoms with E-state index in [1.165, 1.54) is 6.07 Å². The van der Waals surface area contributed by atoms with Gasteiger partial charge in [0, 0.05) is 37.7 Å². The summed E-state index contributed by atoms with van der Waals surface area (Å²) in [6, 6.07) is 9.36. The molecule has 0 fully saturated rings. The fourth-order valence-electron chi connectivity index (χ4n) is 1.93. The van der Waals surface area contributed by atoms with Crippen molar-refractivity contribution in [3.8, 4) is 11.3 Å². The topological polar surface area (TPSA) is 22.0 Å². The number of halogens is 4. The first-order valence-corrected chi connectivity index (χ1v) is 6.93. The van der Waals surface area contributed by atoms with Crippen LogP contribution in [0.1, 0.15) is 5.56 Å². The zero-order chi connectivity index (χ0) is 14.9. The minimum absolute atomic E-state index is 0. The molecule has 0 saturated heterocycles. The molecule has 0 saturated carbocycles. The van der Waals surface area contributed by atoms with E-state index in [1.807, 2.05) is 0 Å². The maximum atomic E-state index is 12.7. The van der Waals surface area contributed by atoms with Gasteiger partial charge in [0.25, 0.3) is 6.43 Å². The van der Waals surface area contributed by atoms with Crippen LogP contribution in [0.3, 0.4) is 0 Å². The summed E-state index contributed by atoms with van der Waals surface area (Å²) in [5, 5.41) is 0.547. The van der Waals surface area contributed by atoms with Gasteiger partial charge in [0.15, 0.2) is 0 Å². The molecule has 1 heterocycles. The maximum Gasteiger partial charge on any atom is 0.256 e. The zero-order valence-corrected chi connectivity index (χ0v) is 16.2. The van der Waals surface area contributed by atoms with Gasteiger partial charge in [-0.25, -0.2) is 8.78 Å². The monoisotopic (exact) mass is 449 g/mol. The van der Waals surface area contributed by atoms with E-state index in [1.54, 1.807) is 25.1 Å². The van der Waals surface area contributed by atoms with Crippen LogP contribution >= 0.6 is 27.5 Å². The summed E-state index contributed by atoms with van der Waals surface area (Å²) in [5.41, 5.74) is 1.26. The third kappa shape index (κ3) is 4.44. The van der Waals surface area contributed by atoms with Crippen LogP contribution in [0.25, 0.3) is 11.3 Å². The van der Waals surface area contributed by atoms with Crippen molar-refractivity contribution in [3.63, 3.8) is 0 Å². The Bertz CT molecular complexity index is 706. The molecule has 0 spiro atoms. The Morgan fingerprint density at radius 3 is 2.67 bits per heavy atom. The van der Waals surface area contributed by atoms with Crippen LogP contribution in [0.2, 0.25) is 5.02 Å². The second-order valence-corrected chi connectivity index (χ2v) is 5.54. The molecule has 0 atom stereocenters. The van der Waals surface area contributed by atoms with Crippen molar-refractivity contribution in [2.75, 3.05) is 0 Å². The van der Waals surface area contributed by atoms with Gasteiger partial charge in [0.2, 0.25) is 5.56 Å². The largest absolute Gasteiger partial charge is 0.336 e. The molecule has 2 aromatic rings. The number of nitrogens with zero attached hydrogens (tertiary/aromatic N) is 1. The minimum Gasteiger partial charge on any atom is -0.336 e. The smallest absolute Gasteiger partial charge is 0.256 e. The Morgan fingerprint density at radius 1 is 1.43 bits per heavy atom. The number of benzene rings is 1. The second-order valence-electron chi connectivity index (χ2n) is 4.25. The summed E-state index contributed by atoms with van der Waals surface area (Å²) in [4.78, 5) is 12.0. The van der Waals surface area contributed by atoms with E-state index in [4.69, 9.17) is 11.6 Å². The van der Waals surface area contributed by atoms with Gasteiger partial charge in [0.1, 0.15) is 0 Å². The second kappa shape index (κ2) is 7.95. The molecule has 0 aliphatic heterocycles. The number of alkyl halides is 2. The standard InChI is InChI=1S/C14H10BrClF2NO.Y/c1-8-6-9(16)2-3-10(8)12-5-4-11(15)14(20)19(12)7-13(17)18;/h2-4,6,13H,7H2,1H3;/q-1;. The summed E-state index contributed by atoms with van der Waals surface area (Å²) < 4.78 is 26.6. The summed E-state index contributed by atoms with van der Waals surface area (Å²) in [6.45, 7) is 1.13. The molecule has 109 valence electrons. The average molecular weight is 450 g/mol. The summed E-state index contributed by atoms with van der Waals surface area (Å²) in [5.74, 6) is 0. The molecule has 2 nitrogen and oxygen atoms in total. The molecule has 2 rings (SSSR count). The van der Waals surface area contributed by atoms with Crippen molar-refractivity contribution in [2.45, 2.75) is 19.9 Å². The van der Waals surface area contributed by atoms with Gasteiger partial charge < -0.3 is 4.57 Å². The Kier molecular flexibility index (Phi) is 7.18. The molecular formula is C14H10BrClF2NOY-. The van der Waals surface area contributed by atoms with E-state index in [0.717, 1.165) is 10.1 Å². The molecule has 0 aliphatic carbocycles. The first-order chi connectivity index (χ1) is 9.40. The van der Waals surface area contributed by atoms with Crippen LogP contribution in [-0.4, -0.2) is 11.0 Å². The zero-order valence-electron chi connectivity index (χ0n) is 11.0. The van der Waals surface area contributed by atoms with Gasteiger partial charge in [-0.15, -0.1) is 22.0 Å². The van der Waals surface area contributed by atoms with Crippen molar-refractivity contribution in [1.82, 2.24) is 4.57 Å². The number of pyridine rings is 1. The third-order valence-electron chi connectivity index (χ3n) is 2.82. The number of hydrogen-bond acceptors (Lipinski definition) is 1. The molecule has 0 bridgehead atoms. The number of rotatable bonds is 3. The van der Waals surface area contributed by atoms with E-state index >= 15 is 0 Å². The van der Waals surface area contributed by atoms with Crippen molar-refractivity contribution in [1.29, 1.82) is 0 Å². The van der Waals surface area contributed by atoms with Crippen LogP contribution in [0.5, 0.6) is 0 Å². The fraction of sp³-hybridized carbons (Fsp3) is 0.214. The van der Waals surface area contributed by atoms with Crippen LogP contribution in [0.4, 0.5) is 8.78 Å². The van der Waals surface area contributed by atoms with Crippen molar-refractivity contribution in [2.24, 2.45) is 0 Å². The molecule has 21 heavy (non-hydrogen) atoms. The molecular weight excluding hydrogens is 440 g/mol. The first-order valence-electron chi connectivity index (χ1n) is 5.76. The molecule has 0 aliphatic rings. The maximum absolute atomic E-state index is 12.7. The molecule has 1 radical (unpaired) electrons. The van der Waals surface area contributed by atoms with Crippen LogP contribution in [-0.2, 0) is 39.3 Å². The van der Waals surface area contributed by atoms with Crippen molar-refractivity contribution in [3.05, 3.63) is 55.7 Å². The molecule has 1 aromatic heterocycles. The van der Waals surface area contributed by atoms with Gasteiger partial charge in [-0.2, -0.15) is 12.1 Å². The van der Waals surface area contributed by atoms with E-state index in [9.17, 15) is 13.6 Å². The minimum atomic E-state index is -2.62. The van der Waals surface area contributed by atoms with Crippen LogP contribution in [0, 0.1) is 13.0 Å². The molecule has 7 heteroatoms. The van der Waals surface area contributed by atoms with Gasteiger partial charge in [-0.1, -0.05) is 47.5 Å². The Balaban J connectivity index is 0.00000220.